The Balaban J connectivity index is 2.26. The Morgan fingerprint density at radius 3 is 2.57 bits per heavy atom. The smallest absolute Gasteiger partial charge is 0.338 e. The Morgan fingerprint density at radius 2 is 2.10 bits per heavy atom. The van der Waals surface area contributed by atoms with Crippen LogP contribution in [0.25, 0.3) is 0 Å². The molecule has 6 nitrogen and oxygen atoms in total. The molecule has 1 aromatic carbocycles. The standard InChI is InChI=1S/C12H13ClFNO5S/c1-2-20-12(11(16)17)6-15(7-12)21(18,19)10-4-8(13)3-9(14)5-10/h3-5H,2,6-7H2,1H3,(H,16,17). The molecule has 1 heterocycles. The summed E-state index contributed by atoms with van der Waals surface area (Å²) in [5.74, 6) is -2.01. The van der Waals surface area contributed by atoms with Crippen molar-refractivity contribution in [3.05, 3.63) is 29.0 Å². The van der Waals surface area contributed by atoms with E-state index in [2.05, 4.69) is 0 Å². The highest BCUT2D eigenvalue weighted by Gasteiger charge is 2.55. The number of benzene rings is 1. The van der Waals surface area contributed by atoms with Gasteiger partial charge in [0.05, 0.1) is 18.0 Å². The van der Waals surface area contributed by atoms with E-state index in [9.17, 15) is 17.6 Å². The predicted octanol–water partition coefficient (Wildman–Crippen LogP) is 1.34. The van der Waals surface area contributed by atoms with E-state index in [1.165, 1.54) is 0 Å². The first kappa shape index (κ1) is 16.2. The van der Waals surface area contributed by atoms with Crippen LogP contribution >= 0.6 is 11.6 Å². The van der Waals surface area contributed by atoms with Gasteiger partial charge in [0.15, 0.2) is 5.60 Å². The van der Waals surface area contributed by atoms with Crippen LogP contribution in [0.4, 0.5) is 4.39 Å². The van der Waals surface area contributed by atoms with Gasteiger partial charge in [-0.05, 0) is 25.1 Å². The Kier molecular flexibility index (Phi) is 4.25. The molecule has 21 heavy (non-hydrogen) atoms. The van der Waals surface area contributed by atoms with Crippen molar-refractivity contribution < 1.29 is 27.4 Å². The fraction of sp³-hybridized carbons (Fsp3) is 0.417. The van der Waals surface area contributed by atoms with Gasteiger partial charge in [0.25, 0.3) is 0 Å². The lowest BCUT2D eigenvalue weighted by molar-refractivity contribution is -0.181. The van der Waals surface area contributed by atoms with Gasteiger partial charge in [-0.15, -0.1) is 0 Å². The van der Waals surface area contributed by atoms with Crippen molar-refractivity contribution in [1.82, 2.24) is 4.31 Å². The molecular formula is C12H13ClFNO5S. The predicted molar refractivity (Wildman–Crippen MR) is 72.2 cm³/mol. The van der Waals surface area contributed by atoms with E-state index < -0.39 is 27.4 Å². The molecule has 116 valence electrons. The van der Waals surface area contributed by atoms with E-state index in [1.807, 2.05) is 0 Å². The summed E-state index contributed by atoms with van der Waals surface area (Å²) in [5, 5.41) is 9.08. The molecule has 0 radical (unpaired) electrons. The van der Waals surface area contributed by atoms with Gasteiger partial charge < -0.3 is 9.84 Å². The van der Waals surface area contributed by atoms with Gasteiger partial charge in [0.2, 0.25) is 10.0 Å². The zero-order valence-corrected chi connectivity index (χ0v) is 12.6. The van der Waals surface area contributed by atoms with Gasteiger partial charge in [-0.2, -0.15) is 4.31 Å². The summed E-state index contributed by atoms with van der Waals surface area (Å²) in [7, 11) is -4.00. The normalized spacial score (nSPS) is 18.2. The van der Waals surface area contributed by atoms with E-state index in [4.69, 9.17) is 21.4 Å². The van der Waals surface area contributed by atoms with Gasteiger partial charge in [-0.25, -0.2) is 17.6 Å². The zero-order chi connectivity index (χ0) is 15.8. The molecule has 2 rings (SSSR count). The largest absolute Gasteiger partial charge is 0.479 e. The van der Waals surface area contributed by atoms with E-state index in [1.54, 1.807) is 6.92 Å². The molecule has 1 aliphatic rings. The number of hydrogen-bond acceptors (Lipinski definition) is 4. The lowest BCUT2D eigenvalue weighted by atomic mass is 9.97. The van der Waals surface area contributed by atoms with Crippen molar-refractivity contribution in [2.75, 3.05) is 19.7 Å². The van der Waals surface area contributed by atoms with Crippen LogP contribution in [-0.4, -0.2) is 49.1 Å². The summed E-state index contributed by atoms with van der Waals surface area (Å²) in [6.45, 7) is 1.11. The molecule has 0 atom stereocenters. The number of carboxylic acid groups (broad SMARTS) is 1. The highest BCUT2D eigenvalue weighted by Crippen LogP contribution is 2.32. The monoisotopic (exact) mass is 337 g/mol. The van der Waals surface area contributed by atoms with Crippen molar-refractivity contribution in [1.29, 1.82) is 0 Å². The fourth-order valence-corrected chi connectivity index (χ4v) is 3.96. The molecule has 1 saturated heterocycles. The van der Waals surface area contributed by atoms with Crippen molar-refractivity contribution in [2.45, 2.75) is 17.4 Å². The Morgan fingerprint density at radius 1 is 1.48 bits per heavy atom. The summed E-state index contributed by atoms with van der Waals surface area (Å²) in [6.07, 6.45) is 0. The lowest BCUT2D eigenvalue weighted by Gasteiger charge is -2.45. The summed E-state index contributed by atoms with van der Waals surface area (Å²) >= 11 is 5.64. The van der Waals surface area contributed by atoms with Gasteiger partial charge in [-0.1, -0.05) is 11.6 Å². The second-order valence-corrected chi connectivity index (χ2v) is 6.99. The van der Waals surface area contributed by atoms with Crippen molar-refractivity contribution in [3.8, 4) is 0 Å². The topological polar surface area (TPSA) is 83.9 Å². The number of carbonyl (C=O) groups is 1. The molecule has 0 amide bonds. The maximum atomic E-state index is 13.3. The number of halogens is 2. The molecule has 1 aliphatic heterocycles. The van der Waals surface area contributed by atoms with Gasteiger partial charge in [0, 0.05) is 11.6 Å². The van der Waals surface area contributed by atoms with Crippen LogP contribution in [0.5, 0.6) is 0 Å². The number of rotatable bonds is 5. The van der Waals surface area contributed by atoms with Gasteiger partial charge >= 0.3 is 5.97 Å². The first-order valence-corrected chi connectivity index (χ1v) is 7.87. The average molecular weight is 338 g/mol. The van der Waals surface area contributed by atoms with E-state index in [0.717, 1.165) is 22.5 Å². The molecule has 0 bridgehead atoms. The summed E-state index contributed by atoms with van der Waals surface area (Å²) in [4.78, 5) is 10.9. The SMILES string of the molecule is CCOC1(C(=O)O)CN(S(=O)(=O)c2cc(F)cc(Cl)c2)C1. The van der Waals surface area contributed by atoms with Gasteiger partial charge in [-0.3, -0.25) is 0 Å². The zero-order valence-electron chi connectivity index (χ0n) is 11.0. The highest BCUT2D eigenvalue weighted by atomic mass is 35.5. The maximum Gasteiger partial charge on any atom is 0.338 e. The maximum absolute atomic E-state index is 13.3. The van der Waals surface area contributed by atoms with E-state index >= 15 is 0 Å². The minimum atomic E-state index is -4.00. The van der Waals surface area contributed by atoms with Crippen molar-refractivity contribution >= 4 is 27.6 Å². The van der Waals surface area contributed by atoms with Crippen LogP contribution in [0.3, 0.4) is 0 Å². The number of aliphatic carboxylic acids is 1. The minimum absolute atomic E-state index is 0.0524. The first-order chi connectivity index (χ1) is 9.71. The number of hydrogen-bond donors (Lipinski definition) is 1. The number of carboxylic acids is 1. The van der Waals surface area contributed by atoms with Crippen molar-refractivity contribution in [2.24, 2.45) is 0 Å². The third kappa shape index (κ3) is 2.89. The third-order valence-electron chi connectivity index (χ3n) is 3.15. The van der Waals surface area contributed by atoms with Crippen LogP contribution in [0.1, 0.15) is 6.92 Å². The molecule has 1 fully saturated rings. The number of ether oxygens (including phenoxy) is 1. The third-order valence-corrected chi connectivity index (χ3v) is 5.14. The molecule has 9 heteroatoms. The van der Waals surface area contributed by atoms with Crippen LogP contribution in [0, 0.1) is 5.82 Å². The van der Waals surface area contributed by atoms with Crippen LogP contribution in [0.15, 0.2) is 23.1 Å². The summed E-state index contributed by atoms with van der Waals surface area (Å²) in [5.41, 5.74) is -1.54. The average Bonchev–Trinajstić information content (AvgIpc) is 2.31. The van der Waals surface area contributed by atoms with Crippen LogP contribution in [0.2, 0.25) is 5.02 Å². The quantitative estimate of drug-likeness (QED) is 0.876. The van der Waals surface area contributed by atoms with Crippen LogP contribution < -0.4 is 0 Å². The molecular weight excluding hydrogens is 325 g/mol. The number of nitrogens with zero attached hydrogens (tertiary/aromatic N) is 1. The minimum Gasteiger partial charge on any atom is -0.479 e. The lowest BCUT2D eigenvalue weighted by Crippen LogP contribution is -2.68. The fourth-order valence-electron chi connectivity index (χ4n) is 2.08. The molecule has 1 N–H and O–H groups in total. The summed E-state index contributed by atoms with van der Waals surface area (Å²) in [6, 6.07) is 2.93. The second-order valence-electron chi connectivity index (χ2n) is 4.61. The van der Waals surface area contributed by atoms with E-state index in [-0.39, 0.29) is 29.6 Å². The van der Waals surface area contributed by atoms with Crippen molar-refractivity contribution in [3.63, 3.8) is 0 Å². The Labute approximate surface area is 126 Å². The molecule has 0 unspecified atom stereocenters. The number of sulfonamides is 1. The van der Waals surface area contributed by atoms with Crippen LogP contribution in [-0.2, 0) is 19.6 Å². The molecule has 0 saturated carbocycles. The first-order valence-electron chi connectivity index (χ1n) is 6.05. The van der Waals surface area contributed by atoms with E-state index in [0.29, 0.717) is 0 Å². The molecule has 0 aromatic heterocycles. The molecule has 0 aliphatic carbocycles. The second kappa shape index (κ2) is 5.53. The molecule has 0 spiro atoms. The highest BCUT2D eigenvalue weighted by molar-refractivity contribution is 7.89. The summed E-state index contributed by atoms with van der Waals surface area (Å²) < 4.78 is 43.9. The molecule has 1 aromatic rings. The van der Waals surface area contributed by atoms with Gasteiger partial charge in [0.1, 0.15) is 5.82 Å². The Bertz CT molecular complexity index is 652. The Hall–Kier alpha value is -1.22.